The summed E-state index contributed by atoms with van der Waals surface area (Å²) in [6.07, 6.45) is -3.93. The molecule has 2 aromatic heterocycles. The first kappa shape index (κ1) is 11.2. The molecule has 0 aliphatic heterocycles. The molecule has 0 amide bonds. The number of aryl methyl sites for hydroxylation is 1. The molecule has 86 valence electrons. The maximum absolute atomic E-state index is 12.4. The summed E-state index contributed by atoms with van der Waals surface area (Å²) in [6, 6.07) is 3.11. The molecule has 0 atom stereocenters. The third-order valence-corrected chi connectivity index (χ3v) is 2.55. The standard InChI is InChI=1S/C9H7ClF3N3/c1-2-5-3-4-6-14-8(9(11,12)13)15-16(6)7(5)10/h3-4H,2H2,1H3. The highest BCUT2D eigenvalue weighted by atomic mass is 35.5. The van der Waals surface area contributed by atoms with E-state index in [1.807, 2.05) is 6.92 Å². The Morgan fingerprint density at radius 3 is 2.62 bits per heavy atom. The molecule has 0 radical (unpaired) electrons. The molecule has 3 nitrogen and oxygen atoms in total. The van der Waals surface area contributed by atoms with Crippen LogP contribution in [0.25, 0.3) is 5.65 Å². The monoisotopic (exact) mass is 249 g/mol. The summed E-state index contributed by atoms with van der Waals surface area (Å²) in [6.45, 7) is 1.86. The Morgan fingerprint density at radius 2 is 2.06 bits per heavy atom. The van der Waals surface area contributed by atoms with Crippen molar-refractivity contribution in [2.75, 3.05) is 0 Å². The summed E-state index contributed by atoms with van der Waals surface area (Å²) < 4.78 is 38.1. The highest BCUT2D eigenvalue weighted by Crippen LogP contribution is 2.28. The predicted molar refractivity (Wildman–Crippen MR) is 52.4 cm³/mol. The molecular formula is C9H7ClF3N3. The quantitative estimate of drug-likeness (QED) is 0.728. The van der Waals surface area contributed by atoms with E-state index in [4.69, 9.17) is 11.6 Å². The molecule has 16 heavy (non-hydrogen) atoms. The maximum atomic E-state index is 12.4. The summed E-state index contributed by atoms with van der Waals surface area (Å²) in [5.41, 5.74) is 0.822. The molecule has 0 bridgehead atoms. The Balaban J connectivity index is 2.67. The normalized spacial score (nSPS) is 12.3. The minimum absolute atomic E-state index is 0.0922. The Bertz CT molecular complexity index is 533. The first-order valence-electron chi connectivity index (χ1n) is 4.55. The third-order valence-electron chi connectivity index (χ3n) is 2.15. The van der Waals surface area contributed by atoms with Crippen LogP contribution in [0.1, 0.15) is 18.3 Å². The number of hydrogen-bond acceptors (Lipinski definition) is 2. The summed E-state index contributed by atoms with van der Waals surface area (Å²) >= 11 is 5.90. The van der Waals surface area contributed by atoms with Crippen LogP contribution in [-0.4, -0.2) is 14.6 Å². The van der Waals surface area contributed by atoms with Crippen molar-refractivity contribution in [2.45, 2.75) is 19.5 Å². The largest absolute Gasteiger partial charge is 0.453 e. The van der Waals surface area contributed by atoms with Gasteiger partial charge in [-0.3, -0.25) is 0 Å². The second-order valence-electron chi connectivity index (χ2n) is 3.21. The van der Waals surface area contributed by atoms with Crippen LogP contribution in [0.15, 0.2) is 12.1 Å². The van der Waals surface area contributed by atoms with Crippen LogP contribution in [0.3, 0.4) is 0 Å². The Kier molecular flexibility index (Phi) is 2.53. The van der Waals surface area contributed by atoms with Gasteiger partial charge in [0, 0.05) is 0 Å². The molecule has 0 aliphatic carbocycles. The van der Waals surface area contributed by atoms with Gasteiger partial charge in [0.2, 0.25) is 0 Å². The van der Waals surface area contributed by atoms with E-state index in [1.54, 1.807) is 6.07 Å². The first-order chi connectivity index (χ1) is 7.43. The second kappa shape index (κ2) is 3.62. The molecule has 0 saturated heterocycles. The fourth-order valence-corrected chi connectivity index (χ4v) is 1.66. The van der Waals surface area contributed by atoms with Crippen LogP contribution in [-0.2, 0) is 12.6 Å². The van der Waals surface area contributed by atoms with Gasteiger partial charge < -0.3 is 0 Å². The number of hydrogen-bond donors (Lipinski definition) is 0. The topological polar surface area (TPSA) is 30.2 Å². The van der Waals surface area contributed by atoms with Gasteiger partial charge in [-0.15, -0.1) is 5.10 Å². The van der Waals surface area contributed by atoms with E-state index < -0.39 is 12.0 Å². The van der Waals surface area contributed by atoms with Crippen LogP contribution in [0.4, 0.5) is 13.2 Å². The molecule has 0 spiro atoms. The van der Waals surface area contributed by atoms with E-state index in [-0.39, 0.29) is 10.8 Å². The van der Waals surface area contributed by atoms with Gasteiger partial charge >= 0.3 is 6.18 Å². The van der Waals surface area contributed by atoms with E-state index in [0.717, 1.165) is 10.1 Å². The fraction of sp³-hybridized carbons (Fsp3) is 0.333. The SMILES string of the molecule is CCc1ccc2nc(C(F)(F)F)nn2c1Cl. The zero-order valence-corrected chi connectivity index (χ0v) is 8.97. The molecule has 2 rings (SSSR count). The summed E-state index contributed by atoms with van der Waals surface area (Å²) in [7, 11) is 0. The van der Waals surface area contributed by atoms with E-state index >= 15 is 0 Å². The minimum atomic E-state index is -4.55. The van der Waals surface area contributed by atoms with Gasteiger partial charge in [-0.1, -0.05) is 24.6 Å². The van der Waals surface area contributed by atoms with Gasteiger partial charge in [0.1, 0.15) is 5.15 Å². The van der Waals surface area contributed by atoms with E-state index in [2.05, 4.69) is 10.1 Å². The molecular weight excluding hydrogens is 243 g/mol. The van der Waals surface area contributed by atoms with Crippen LogP contribution >= 0.6 is 11.6 Å². The lowest BCUT2D eigenvalue weighted by molar-refractivity contribution is -0.144. The number of rotatable bonds is 1. The number of fused-ring (bicyclic) bond motifs is 1. The van der Waals surface area contributed by atoms with Crippen molar-refractivity contribution in [2.24, 2.45) is 0 Å². The van der Waals surface area contributed by atoms with Gasteiger partial charge in [-0.2, -0.15) is 13.2 Å². The zero-order chi connectivity index (χ0) is 11.9. The van der Waals surface area contributed by atoms with Crippen LogP contribution in [0.5, 0.6) is 0 Å². The maximum Gasteiger partial charge on any atom is 0.453 e. The van der Waals surface area contributed by atoms with Crippen molar-refractivity contribution in [1.29, 1.82) is 0 Å². The lowest BCUT2D eigenvalue weighted by Crippen LogP contribution is -2.07. The van der Waals surface area contributed by atoms with Crippen molar-refractivity contribution in [1.82, 2.24) is 14.6 Å². The molecule has 2 aromatic rings. The number of aromatic nitrogens is 3. The van der Waals surface area contributed by atoms with Crippen molar-refractivity contribution in [3.05, 3.63) is 28.7 Å². The van der Waals surface area contributed by atoms with Gasteiger partial charge in [-0.25, -0.2) is 9.50 Å². The third kappa shape index (κ3) is 1.73. The fourth-order valence-electron chi connectivity index (χ4n) is 1.34. The van der Waals surface area contributed by atoms with Crippen LogP contribution in [0, 0.1) is 0 Å². The predicted octanol–water partition coefficient (Wildman–Crippen LogP) is 2.96. The highest BCUT2D eigenvalue weighted by molar-refractivity contribution is 6.30. The van der Waals surface area contributed by atoms with E-state index in [1.165, 1.54) is 6.07 Å². The average molecular weight is 250 g/mol. The summed E-state index contributed by atoms with van der Waals surface area (Å²) in [4.78, 5) is 3.36. The smallest absolute Gasteiger partial charge is 0.203 e. The summed E-state index contributed by atoms with van der Waals surface area (Å²) in [5, 5.41) is 3.51. The lowest BCUT2D eigenvalue weighted by atomic mass is 10.2. The number of alkyl halides is 3. The van der Waals surface area contributed by atoms with Crippen LogP contribution < -0.4 is 0 Å². The second-order valence-corrected chi connectivity index (χ2v) is 3.56. The van der Waals surface area contributed by atoms with Crippen molar-refractivity contribution < 1.29 is 13.2 Å². The summed E-state index contributed by atoms with van der Waals surface area (Å²) in [5.74, 6) is -1.18. The number of pyridine rings is 1. The number of halogens is 4. The first-order valence-corrected chi connectivity index (χ1v) is 4.92. The lowest BCUT2D eigenvalue weighted by Gasteiger charge is -2.01. The van der Waals surface area contributed by atoms with E-state index in [0.29, 0.717) is 6.42 Å². The molecule has 0 fully saturated rings. The molecule has 0 saturated carbocycles. The average Bonchev–Trinajstić information content (AvgIpc) is 2.62. The Morgan fingerprint density at radius 1 is 1.38 bits per heavy atom. The highest BCUT2D eigenvalue weighted by Gasteiger charge is 2.36. The molecule has 0 N–H and O–H groups in total. The van der Waals surface area contributed by atoms with Crippen molar-refractivity contribution in [3.8, 4) is 0 Å². The van der Waals surface area contributed by atoms with Crippen molar-refractivity contribution in [3.63, 3.8) is 0 Å². The zero-order valence-electron chi connectivity index (χ0n) is 8.22. The Hall–Kier alpha value is -1.30. The molecule has 2 heterocycles. The molecule has 7 heteroatoms. The molecule has 0 unspecified atom stereocenters. The number of nitrogens with zero attached hydrogens (tertiary/aromatic N) is 3. The van der Waals surface area contributed by atoms with Crippen LogP contribution in [0.2, 0.25) is 5.15 Å². The molecule has 0 aromatic carbocycles. The Labute approximate surface area is 93.9 Å². The van der Waals surface area contributed by atoms with Gasteiger partial charge in [0.25, 0.3) is 5.82 Å². The van der Waals surface area contributed by atoms with E-state index in [9.17, 15) is 13.2 Å². The molecule has 0 aliphatic rings. The van der Waals surface area contributed by atoms with Gasteiger partial charge in [-0.05, 0) is 18.1 Å². The van der Waals surface area contributed by atoms with Crippen molar-refractivity contribution >= 4 is 17.2 Å². The van der Waals surface area contributed by atoms with Gasteiger partial charge in [0.05, 0.1) is 0 Å². The van der Waals surface area contributed by atoms with Gasteiger partial charge in [0.15, 0.2) is 5.65 Å². The minimum Gasteiger partial charge on any atom is -0.203 e.